The van der Waals surface area contributed by atoms with Crippen LogP contribution in [0.1, 0.15) is 11.1 Å². The van der Waals surface area contributed by atoms with Gasteiger partial charge in [0.25, 0.3) is 0 Å². The second kappa shape index (κ2) is 9.80. The number of hydrogen-bond acceptors (Lipinski definition) is 6. The van der Waals surface area contributed by atoms with Crippen molar-refractivity contribution in [2.24, 2.45) is 0 Å². The molecule has 0 radical (unpaired) electrons. The van der Waals surface area contributed by atoms with E-state index < -0.39 is 0 Å². The maximum atomic E-state index is 5.83. The van der Waals surface area contributed by atoms with Gasteiger partial charge in [-0.25, -0.2) is 0 Å². The maximum Gasteiger partial charge on any atom is 0.203 e. The monoisotopic (exact) mass is 408 g/mol. The molecule has 150 valence electrons. The first-order valence-corrected chi connectivity index (χ1v) is 9.81. The summed E-state index contributed by atoms with van der Waals surface area (Å²) in [4.78, 5) is 1.06. The van der Waals surface area contributed by atoms with Crippen molar-refractivity contribution in [2.75, 3.05) is 31.8 Å². The third kappa shape index (κ3) is 5.39. The number of hydrogen-bond donors (Lipinski definition) is 2. The Bertz CT molecular complexity index is 980. The SMILES string of the molecule is COc1cc(/C=C\c2cccc(NSc3cccc(N)c3)c2)cc(OC)c1OC. The fourth-order valence-electron chi connectivity index (χ4n) is 2.79. The lowest BCUT2D eigenvalue weighted by Gasteiger charge is -2.12. The van der Waals surface area contributed by atoms with Gasteiger partial charge in [-0.15, -0.1) is 0 Å². The first kappa shape index (κ1) is 20.5. The number of nitrogen functional groups attached to an aromatic ring is 1. The minimum Gasteiger partial charge on any atom is -0.493 e. The Morgan fingerprint density at radius 1 is 0.793 bits per heavy atom. The van der Waals surface area contributed by atoms with Crippen LogP contribution >= 0.6 is 11.9 Å². The molecule has 0 heterocycles. The maximum absolute atomic E-state index is 5.83. The zero-order valence-electron chi connectivity index (χ0n) is 16.6. The third-order valence-electron chi connectivity index (χ3n) is 4.19. The number of nitrogens with one attached hydrogen (secondary N) is 1. The Morgan fingerprint density at radius 3 is 2.14 bits per heavy atom. The van der Waals surface area contributed by atoms with Gasteiger partial charge >= 0.3 is 0 Å². The molecule has 0 bridgehead atoms. The van der Waals surface area contributed by atoms with Gasteiger partial charge in [-0.2, -0.15) is 0 Å². The van der Waals surface area contributed by atoms with Gasteiger partial charge in [0.15, 0.2) is 11.5 Å². The van der Waals surface area contributed by atoms with Gasteiger partial charge in [-0.3, -0.25) is 0 Å². The molecule has 5 nitrogen and oxygen atoms in total. The van der Waals surface area contributed by atoms with Crippen LogP contribution in [0.4, 0.5) is 11.4 Å². The zero-order valence-corrected chi connectivity index (χ0v) is 17.5. The fourth-order valence-corrected chi connectivity index (χ4v) is 3.50. The summed E-state index contributed by atoms with van der Waals surface area (Å²) in [6.45, 7) is 0. The highest BCUT2D eigenvalue weighted by Crippen LogP contribution is 2.38. The molecule has 6 heteroatoms. The van der Waals surface area contributed by atoms with Crippen molar-refractivity contribution in [3.05, 3.63) is 71.8 Å². The Hall–Kier alpha value is -3.25. The van der Waals surface area contributed by atoms with Gasteiger partial charge in [0.1, 0.15) is 0 Å². The van der Waals surface area contributed by atoms with E-state index in [9.17, 15) is 0 Å². The highest BCUT2D eigenvalue weighted by molar-refractivity contribution is 8.00. The summed E-state index contributed by atoms with van der Waals surface area (Å²) in [6.07, 6.45) is 4.05. The van der Waals surface area contributed by atoms with E-state index in [1.807, 2.05) is 66.7 Å². The molecule has 0 saturated carbocycles. The number of benzene rings is 3. The first-order valence-electron chi connectivity index (χ1n) is 8.99. The van der Waals surface area contributed by atoms with Crippen LogP contribution in [0, 0.1) is 0 Å². The fraction of sp³-hybridized carbons (Fsp3) is 0.130. The third-order valence-corrected chi connectivity index (χ3v) is 5.01. The van der Waals surface area contributed by atoms with E-state index in [1.165, 1.54) is 11.9 Å². The Kier molecular flexibility index (Phi) is 6.92. The van der Waals surface area contributed by atoms with Crippen molar-refractivity contribution in [3.63, 3.8) is 0 Å². The van der Waals surface area contributed by atoms with Crippen molar-refractivity contribution in [1.82, 2.24) is 0 Å². The molecular formula is C23H24N2O3S. The van der Waals surface area contributed by atoms with Gasteiger partial charge in [-0.05, 0) is 65.5 Å². The summed E-state index contributed by atoms with van der Waals surface area (Å²) in [5, 5.41) is 0. The van der Waals surface area contributed by atoms with Crippen LogP contribution in [0.15, 0.2) is 65.6 Å². The summed E-state index contributed by atoms with van der Waals surface area (Å²) in [7, 11) is 4.81. The van der Waals surface area contributed by atoms with E-state index in [2.05, 4.69) is 10.8 Å². The summed E-state index contributed by atoms with van der Waals surface area (Å²) < 4.78 is 19.5. The average molecular weight is 409 g/mol. The second-order valence-electron chi connectivity index (χ2n) is 6.19. The summed E-state index contributed by atoms with van der Waals surface area (Å²) in [5.41, 5.74) is 9.60. The molecule has 3 rings (SSSR count). The number of methoxy groups -OCH3 is 3. The number of ether oxygens (including phenoxy) is 3. The minimum absolute atomic E-state index is 0.580. The van der Waals surface area contributed by atoms with Gasteiger partial charge in [0.05, 0.1) is 21.3 Å². The lowest BCUT2D eigenvalue weighted by Crippen LogP contribution is -1.95. The molecule has 0 fully saturated rings. The quantitative estimate of drug-likeness (QED) is 0.288. The van der Waals surface area contributed by atoms with Gasteiger partial charge in [0.2, 0.25) is 5.75 Å². The summed E-state index contributed by atoms with van der Waals surface area (Å²) in [5.74, 6) is 1.83. The van der Waals surface area contributed by atoms with E-state index in [-0.39, 0.29) is 0 Å². The predicted molar refractivity (Wildman–Crippen MR) is 122 cm³/mol. The molecule has 0 spiro atoms. The predicted octanol–water partition coefficient (Wildman–Crippen LogP) is 5.58. The van der Waals surface area contributed by atoms with Crippen LogP contribution in [-0.2, 0) is 0 Å². The largest absolute Gasteiger partial charge is 0.493 e. The molecule has 3 N–H and O–H groups in total. The molecule has 0 saturated heterocycles. The molecule has 0 aliphatic carbocycles. The van der Waals surface area contributed by atoms with Gasteiger partial charge in [-0.1, -0.05) is 30.4 Å². The molecule has 0 unspecified atom stereocenters. The van der Waals surface area contributed by atoms with E-state index >= 15 is 0 Å². The molecule has 0 atom stereocenters. The Balaban J connectivity index is 1.75. The number of anilines is 2. The first-order chi connectivity index (χ1) is 14.1. The van der Waals surface area contributed by atoms with Crippen LogP contribution in [0.2, 0.25) is 0 Å². The van der Waals surface area contributed by atoms with Crippen molar-refractivity contribution in [1.29, 1.82) is 0 Å². The smallest absolute Gasteiger partial charge is 0.203 e. The van der Waals surface area contributed by atoms with Crippen LogP contribution < -0.4 is 24.7 Å². The van der Waals surface area contributed by atoms with Crippen molar-refractivity contribution < 1.29 is 14.2 Å². The zero-order chi connectivity index (χ0) is 20.6. The van der Waals surface area contributed by atoms with Crippen molar-refractivity contribution in [2.45, 2.75) is 4.90 Å². The average Bonchev–Trinajstić information content (AvgIpc) is 2.75. The lowest BCUT2D eigenvalue weighted by atomic mass is 10.1. The highest BCUT2D eigenvalue weighted by atomic mass is 32.2. The van der Waals surface area contributed by atoms with Crippen LogP contribution in [0.25, 0.3) is 12.2 Å². The molecule has 0 aliphatic rings. The number of rotatable bonds is 8. The summed E-state index contributed by atoms with van der Waals surface area (Å²) >= 11 is 1.52. The molecule has 0 aliphatic heterocycles. The molecule has 0 aromatic heterocycles. The lowest BCUT2D eigenvalue weighted by molar-refractivity contribution is 0.324. The standard InChI is InChI=1S/C23H24N2O3S/c1-26-21-13-17(14-22(27-2)23(21)28-3)11-10-16-6-4-8-19(12-16)25-29-20-9-5-7-18(24)15-20/h4-15,25H,24H2,1-3H3/b11-10-. The van der Waals surface area contributed by atoms with E-state index in [4.69, 9.17) is 19.9 Å². The molecule has 3 aromatic carbocycles. The molecular weight excluding hydrogens is 384 g/mol. The van der Waals surface area contributed by atoms with Crippen LogP contribution in [0.3, 0.4) is 0 Å². The van der Waals surface area contributed by atoms with Crippen LogP contribution in [-0.4, -0.2) is 21.3 Å². The van der Waals surface area contributed by atoms with Gasteiger partial charge < -0.3 is 24.7 Å². The second-order valence-corrected chi connectivity index (χ2v) is 7.07. The molecule has 29 heavy (non-hydrogen) atoms. The topological polar surface area (TPSA) is 65.7 Å². The van der Waals surface area contributed by atoms with E-state index in [0.717, 1.165) is 27.4 Å². The van der Waals surface area contributed by atoms with E-state index in [0.29, 0.717) is 17.2 Å². The number of nitrogens with two attached hydrogens (primary N) is 1. The minimum atomic E-state index is 0.580. The summed E-state index contributed by atoms with van der Waals surface area (Å²) in [6, 6.07) is 19.7. The molecule has 3 aromatic rings. The Morgan fingerprint density at radius 2 is 1.48 bits per heavy atom. The highest BCUT2D eigenvalue weighted by Gasteiger charge is 2.11. The van der Waals surface area contributed by atoms with Crippen molar-refractivity contribution in [3.8, 4) is 17.2 Å². The Labute approximate surface area is 175 Å². The van der Waals surface area contributed by atoms with Crippen molar-refractivity contribution >= 4 is 35.5 Å². The molecule has 0 amide bonds. The van der Waals surface area contributed by atoms with Crippen LogP contribution in [0.5, 0.6) is 17.2 Å². The van der Waals surface area contributed by atoms with E-state index in [1.54, 1.807) is 21.3 Å². The van der Waals surface area contributed by atoms with Gasteiger partial charge in [0, 0.05) is 16.3 Å². The normalized spacial score (nSPS) is 10.7.